The number of ether oxygens (including phenoxy) is 1. The lowest BCUT2D eigenvalue weighted by molar-refractivity contribution is 0.0697. The SMILES string of the molecule is CCOc1cc(C(=O)N[C@@H](CS)Cc2ccccc2)nn1Cc1ccc(-c2ccccc2C(=O)O)cc1F. The summed E-state index contributed by atoms with van der Waals surface area (Å²) in [5.74, 6) is -1.20. The van der Waals surface area contributed by atoms with Crippen molar-refractivity contribution in [3.63, 3.8) is 0 Å². The zero-order chi connectivity index (χ0) is 27.1. The standard InChI is InChI=1S/C29H28FN3O4S/c1-2-37-27-16-26(28(34)31-22(18-38)14-19-8-4-3-5-9-19)32-33(27)17-21-13-12-20(15-25(21)30)23-10-6-7-11-24(23)29(35)36/h3-13,15-16,22,38H,2,14,17-18H2,1H3,(H,31,34)(H,35,36)/t22-/m1/s1. The van der Waals surface area contributed by atoms with E-state index in [0.29, 0.717) is 41.4 Å². The summed E-state index contributed by atoms with van der Waals surface area (Å²) in [7, 11) is 0. The van der Waals surface area contributed by atoms with Crippen LogP contribution in [0.3, 0.4) is 0 Å². The van der Waals surface area contributed by atoms with E-state index in [1.54, 1.807) is 30.3 Å². The summed E-state index contributed by atoms with van der Waals surface area (Å²) in [6.07, 6.45) is 0.623. The molecular weight excluding hydrogens is 505 g/mol. The molecule has 1 amide bonds. The number of hydrogen-bond donors (Lipinski definition) is 3. The molecule has 0 saturated heterocycles. The first kappa shape index (κ1) is 26.9. The van der Waals surface area contributed by atoms with E-state index in [2.05, 4.69) is 23.0 Å². The van der Waals surface area contributed by atoms with Gasteiger partial charge in [-0.1, -0.05) is 60.7 Å². The molecule has 1 atom stereocenters. The van der Waals surface area contributed by atoms with Gasteiger partial charge in [0.05, 0.1) is 18.7 Å². The van der Waals surface area contributed by atoms with E-state index in [1.165, 1.54) is 22.9 Å². The molecule has 196 valence electrons. The first-order valence-corrected chi connectivity index (χ1v) is 12.8. The number of carboxylic acids is 1. The van der Waals surface area contributed by atoms with Crippen LogP contribution in [-0.2, 0) is 13.0 Å². The van der Waals surface area contributed by atoms with Gasteiger partial charge in [-0.15, -0.1) is 0 Å². The summed E-state index contributed by atoms with van der Waals surface area (Å²) >= 11 is 4.38. The maximum absolute atomic E-state index is 15.1. The van der Waals surface area contributed by atoms with Gasteiger partial charge in [0.25, 0.3) is 5.91 Å². The van der Waals surface area contributed by atoms with Crippen LogP contribution in [-0.4, -0.2) is 45.2 Å². The monoisotopic (exact) mass is 533 g/mol. The van der Waals surface area contributed by atoms with Gasteiger partial charge in [-0.05, 0) is 42.2 Å². The fourth-order valence-electron chi connectivity index (χ4n) is 4.13. The highest BCUT2D eigenvalue weighted by molar-refractivity contribution is 7.80. The number of nitrogens with zero attached hydrogens (tertiary/aromatic N) is 2. The molecule has 0 unspecified atom stereocenters. The molecule has 0 aliphatic rings. The Morgan fingerprint density at radius 1 is 1.08 bits per heavy atom. The van der Waals surface area contributed by atoms with Crippen LogP contribution in [0, 0.1) is 5.82 Å². The summed E-state index contributed by atoms with van der Waals surface area (Å²) in [6, 6.07) is 22.1. The van der Waals surface area contributed by atoms with Crippen molar-refractivity contribution in [3.8, 4) is 17.0 Å². The lowest BCUT2D eigenvalue weighted by atomic mass is 9.98. The highest BCUT2D eigenvalue weighted by atomic mass is 32.1. The normalized spacial score (nSPS) is 11.7. The number of halogens is 1. The largest absolute Gasteiger partial charge is 0.478 e. The molecule has 9 heteroatoms. The average Bonchev–Trinajstić information content (AvgIpc) is 3.32. The number of amides is 1. The molecule has 0 saturated carbocycles. The van der Waals surface area contributed by atoms with E-state index >= 15 is 4.39 Å². The third-order valence-corrected chi connectivity index (χ3v) is 6.43. The predicted octanol–water partition coefficient (Wildman–Crippen LogP) is 5.11. The molecule has 0 aliphatic carbocycles. The average molecular weight is 534 g/mol. The number of rotatable bonds is 11. The van der Waals surface area contributed by atoms with E-state index in [9.17, 15) is 14.7 Å². The smallest absolute Gasteiger partial charge is 0.336 e. The Morgan fingerprint density at radius 3 is 2.50 bits per heavy atom. The number of thiol groups is 1. The van der Waals surface area contributed by atoms with E-state index in [-0.39, 0.29) is 29.8 Å². The molecule has 1 aromatic heterocycles. The highest BCUT2D eigenvalue weighted by Gasteiger charge is 2.20. The summed E-state index contributed by atoms with van der Waals surface area (Å²) < 4.78 is 22.2. The molecule has 4 aromatic rings. The molecule has 3 aromatic carbocycles. The molecule has 7 nitrogen and oxygen atoms in total. The van der Waals surface area contributed by atoms with Gasteiger partial charge in [-0.25, -0.2) is 13.9 Å². The minimum absolute atomic E-state index is 0.0231. The van der Waals surface area contributed by atoms with Gasteiger partial charge in [0.2, 0.25) is 5.88 Å². The van der Waals surface area contributed by atoms with Gasteiger partial charge >= 0.3 is 5.97 Å². The summed E-state index contributed by atoms with van der Waals surface area (Å²) in [4.78, 5) is 24.5. The first-order chi connectivity index (χ1) is 18.4. The summed E-state index contributed by atoms with van der Waals surface area (Å²) in [6.45, 7) is 2.17. The van der Waals surface area contributed by atoms with Gasteiger partial charge in [0, 0.05) is 23.4 Å². The Balaban J connectivity index is 1.54. The second-order valence-electron chi connectivity index (χ2n) is 8.66. The second-order valence-corrected chi connectivity index (χ2v) is 9.02. The molecule has 4 rings (SSSR count). The number of carboxylic acid groups (broad SMARTS) is 1. The number of hydrogen-bond acceptors (Lipinski definition) is 5. The van der Waals surface area contributed by atoms with Crippen LogP contribution in [0.1, 0.15) is 38.9 Å². The Labute approximate surface area is 225 Å². The molecule has 38 heavy (non-hydrogen) atoms. The van der Waals surface area contributed by atoms with E-state index in [4.69, 9.17) is 4.74 Å². The zero-order valence-corrected chi connectivity index (χ0v) is 21.7. The van der Waals surface area contributed by atoms with Crippen LogP contribution in [0.2, 0.25) is 0 Å². The first-order valence-electron chi connectivity index (χ1n) is 12.2. The quantitative estimate of drug-likeness (QED) is 0.233. The number of nitrogens with one attached hydrogen (secondary N) is 1. The van der Waals surface area contributed by atoms with E-state index in [0.717, 1.165) is 5.56 Å². The highest BCUT2D eigenvalue weighted by Crippen LogP contribution is 2.27. The van der Waals surface area contributed by atoms with Gasteiger partial charge in [0.15, 0.2) is 5.69 Å². The minimum Gasteiger partial charge on any atom is -0.478 e. The molecule has 0 aliphatic heterocycles. The van der Waals surface area contributed by atoms with Crippen molar-refractivity contribution >= 4 is 24.5 Å². The van der Waals surface area contributed by atoms with Crippen LogP contribution in [0.5, 0.6) is 5.88 Å². The van der Waals surface area contributed by atoms with Crippen molar-refractivity contribution in [2.24, 2.45) is 0 Å². The van der Waals surface area contributed by atoms with Crippen molar-refractivity contribution in [1.82, 2.24) is 15.1 Å². The maximum atomic E-state index is 15.1. The van der Waals surface area contributed by atoms with Crippen LogP contribution in [0.25, 0.3) is 11.1 Å². The number of carbonyl (C=O) groups excluding carboxylic acids is 1. The molecule has 0 spiro atoms. The van der Waals surface area contributed by atoms with Crippen LogP contribution < -0.4 is 10.1 Å². The second kappa shape index (κ2) is 12.4. The topological polar surface area (TPSA) is 93.5 Å². The molecule has 0 radical (unpaired) electrons. The molecular formula is C29H28FN3O4S. The van der Waals surface area contributed by atoms with Crippen LogP contribution >= 0.6 is 12.6 Å². The molecule has 2 N–H and O–H groups in total. The number of benzene rings is 3. The number of aromatic carboxylic acids is 1. The van der Waals surface area contributed by atoms with Crippen molar-refractivity contribution < 1.29 is 23.8 Å². The predicted molar refractivity (Wildman–Crippen MR) is 147 cm³/mol. The van der Waals surface area contributed by atoms with Crippen molar-refractivity contribution in [1.29, 1.82) is 0 Å². The zero-order valence-electron chi connectivity index (χ0n) is 20.8. The Morgan fingerprint density at radius 2 is 1.82 bits per heavy atom. The summed E-state index contributed by atoms with van der Waals surface area (Å²) in [5.41, 5.74) is 2.51. The van der Waals surface area contributed by atoms with Crippen molar-refractivity contribution in [2.45, 2.75) is 25.9 Å². The van der Waals surface area contributed by atoms with E-state index < -0.39 is 11.8 Å². The fourth-order valence-corrected chi connectivity index (χ4v) is 4.35. The van der Waals surface area contributed by atoms with Gasteiger partial charge in [-0.2, -0.15) is 17.7 Å². The Kier molecular flexibility index (Phi) is 8.81. The van der Waals surface area contributed by atoms with Crippen molar-refractivity contribution in [2.75, 3.05) is 12.4 Å². The Bertz CT molecular complexity index is 1420. The molecule has 0 bridgehead atoms. The van der Waals surface area contributed by atoms with Gasteiger partial charge in [-0.3, -0.25) is 4.79 Å². The van der Waals surface area contributed by atoms with E-state index in [1.807, 2.05) is 37.3 Å². The maximum Gasteiger partial charge on any atom is 0.336 e. The fraction of sp³-hybridized carbons (Fsp3) is 0.207. The Hall–Kier alpha value is -4.11. The molecule has 1 heterocycles. The van der Waals surface area contributed by atoms with Crippen molar-refractivity contribution in [3.05, 3.63) is 107 Å². The minimum atomic E-state index is -1.09. The number of aromatic nitrogens is 2. The lowest BCUT2D eigenvalue weighted by Crippen LogP contribution is -2.38. The van der Waals surface area contributed by atoms with Gasteiger partial charge < -0.3 is 15.2 Å². The van der Waals surface area contributed by atoms with Crippen LogP contribution in [0.15, 0.2) is 78.9 Å². The third kappa shape index (κ3) is 6.41. The lowest BCUT2D eigenvalue weighted by Gasteiger charge is -2.15. The number of carbonyl (C=O) groups is 2. The van der Waals surface area contributed by atoms with Crippen LogP contribution in [0.4, 0.5) is 4.39 Å². The summed E-state index contributed by atoms with van der Waals surface area (Å²) in [5, 5.41) is 16.8. The third-order valence-electron chi connectivity index (χ3n) is 5.99. The molecule has 0 fully saturated rings. The van der Waals surface area contributed by atoms with Gasteiger partial charge in [0.1, 0.15) is 5.82 Å².